The predicted molar refractivity (Wildman–Crippen MR) is 71.2 cm³/mol. The molecule has 0 aromatic heterocycles. The Balaban J connectivity index is 2.21. The van der Waals surface area contributed by atoms with E-state index in [0.29, 0.717) is 25.0 Å². The molecule has 1 aliphatic heterocycles. The molecule has 1 N–H and O–H groups in total. The molecule has 0 amide bonds. The lowest BCUT2D eigenvalue weighted by atomic mass is 10.2. The van der Waals surface area contributed by atoms with Crippen molar-refractivity contribution in [2.75, 3.05) is 45.8 Å². The van der Waals surface area contributed by atoms with Crippen LogP contribution >= 0.6 is 0 Å². The first kappa shape index (κ1) is 16.7. The number of nitrogens with one attached hydrogen (secondary N) is 1. The summed E-state index contributed by atoms with van der Waals surface area (Å²) in [6.07, 6.45) is -4.08. The Labute approximate surface area is 114 Å². The lowest BCUT2D eigenvalue weighted by Crippen LogP contribution is -2.53. The highest BCUT2D eigenvalue weighted by atomic mass is 19.4. The molecule has 1 atom stereocenters. The minimum atomic E-state index is -4.08. The molecule has 3 nitrogen and oxygen atoms in total. The zero-order valence-corrected chi connectivity index (χ0v) is 12.1. The topological polar surface area (TPSA) is 18.5 Å². The van der Waals surface area contributed by atoms with Crippen molar-refractivity contribution in [3.8, 4) is 0 Å². The first-order valence-corrected chi connectivity index (χ1v) is 7.02. The van der Waals surface area contributed by atoms with Gasteiger partial charge in [-0.25, -0.2) is 0 Å². The molecule has 0 spiro atoms. The summed E-state index contributed by atoms with van der Waals surface area (Å²) in [5, 5.41) is 3.40. The third kappa shape index (κ3) is 7.13. The van der Waals surface area contributed by atoms with Crippen LogP contribution in [-0.4, -0.2) is 67.8 Å². The van der Waals surface area contributed by atoms with Gasteiger partial charge < -0.3 is 5.32 Å². The van der Waals surface area contributed by atoms with Crippen LogP contribution in [0, 0.1) is 5.92 Å². The molecule has 0 bridgehead atoms. The van der Waals surface area contributed by atoms with Crippen LogP contribution in [0.2, 0.25) is 0 Å². The molecule has 1 fully saturated rings. The Morgan fingerprint density at radius 2 is 1.58 bits per heavy atom. The maximum atomic E-state index is 12.3. The number of nitrogens with zero attached hydrogens (tertiary/aromatic N) is 2. The zero-order chi connectivity index (χ0) is 14.5. The van der Waals surface area contributed by atoms with Gasteiger partial charge in [0, 0.05) is 38.8 Å². The molecule has 0 aromatic rings. The molecule has 1 saturated heterocycles. The zero-order valence-electron chi connectivity index (χ0n) is 12.1. The quantitative estimate of drug-likeness (QED) is 0.801. The van der Waals surface area contributed by atoms with E-state index in [-0.39, 0.29) is 0 Å². The van der Waals surface area contributed by atoms with E-state index in [9.17, 15) is 13.2 Å². The van der Waals surface area contributed by atoms with Gasteiger partial charge in [-0.15, -0.1) is 0 Å². The van der Waals surface area contributed by atoms with Crippen molar-refractivity contribution < 1.29 is 13.2 Å². The predicted octanol–water partition coefficient (Wildman–Crippen LogP) is 1.80. The van der Waals surface area contributed by atoms with Gasteiger partial charge in [0.05, 0.1) is 6.54 Å². The van der Waals surface area contributed by atoms with Crippen LogP contribution in [0.1, 0.15) is 20.8 Å². The third-order valence-corrected chi connectivity index (χ3v) is 3.43. The summed E-state index contributed by atoms with van der Waals surface area (Å²) in [5.74, 6) is 0.621. The summed E-state index contributed by atoms with van der Waals surface area (Å²) in [7, 11) is 0. The summed E-state index contributed by atoms with van der Waals surface area (Å²) < 4.78 is 36.8. The van der Waals surface area contributed by atoms with Crippen LogP contribution in [0.15, 0.2) is 0 Å². The molecule has 0 aromatic carbocycles. The number of hydrogen-bond donors (Lipinski definition) is 1. The third-order valence-electron chi connectivity index (χ3n) is 3.43. The molecular formula is C13H26F3N3. The van der Waals surface area contributed by atoms with Crippen LogP contribution < -0.4 is 5.32 Å². The van der Waals surface area contributed by atoms with Gasteiger partial charge in [-0.05, 0) is 19.4 Å². The number of rotatable bonds is 6. The van der Waals surface area contributed by atoms with E-state index in [1.54, 1.807) is 0 Å². The van der Waals surface area contributed by atoms with Gasteiger partial charge in [-0.2, -0.15) is 13.2 Å². The van der Waals surface area contributed by atoms with Crippen LogP contribution in [0.5, 0.6) is 0 Å². The molecule has 1 unspecified atom stereocenters. The fraction of sp³-hybridized carbons (Fsp3) is 1.00. The minimum absolute atomic E-state index is 0.381. The van der Waals surface area contributed by atoms with Gasteiger partial charge in [0.25, 0.3) is 0 Å². The Morgan fingerprint density at radius 3 is 2.05 bits per heavy atom. The van der Waals surface area contributed by atoms with Crippen molar-refractivity contribution in [1.29, 1.82) is 0 Å². The minimum Gasteiger partial charge on any atom is -0.315 e. The van der Waals surface area contributed by atoms with Crippen molar-refractivity contribution >= 4 is 0 Å². The largest absolute Gasteiger partial charge is 0.401 e. The molecule has 6 heteroatoms. The fourth-order valence-corrected chi connectivity index (χ4v) is 2.33. The van der Waals surface area contributed by atoms with Crippen LogP contribution in [0.25, 0.3) is 0 Å². The maximum Gasteiger partial charge on any atom is 0.401 e. The van der Waals surface area contributed by atoms with E-state index < -0.39 is 12.7 Å². The average Bonchev–Trinajstić information content (AvgIpc) is 2.27. The summed E-state index contributed by atoms with van der Waals surface area (Å²) in [6, 6.07) is 0.381. The molecule has 114 valence electrons. The Hall–Kier alpha value is -0.330. The lowest BCUT2D eigenvalue weighted by Gasteiger charge is -2.38. The molecular weight excluding hydrogens is 255 g/mol. The summed E-state index contributed by atoms with van der Waals surface area (Å²) >= 11 is 0. The standard InChI is InChI=1S/C13H26F3N3/c1-11(2)8-17-9-12(3)19-6-4-18(5-7-19)10-13(14,15)16/h11-12,17H,4-10H2,1-3H3. The van der Waals surface area contributed by atoms with E-state index >= 15 is 0 Å². The molecule has 19 heavy (non-hydrogen) atoms. The van der Waals surface area contributed by atoms with Gasteiger partial charge in [0.2, 0.25) is 0 Å². The summed E-state index contributed by atoms with van der Waals surface area (Å²) in [5.41, 5.74) is 0. The first-order valence-electron chi connectivity index (χ1n) is 7.02. The highest BCUT2D eigenvalue weighted by Gasteiger charge is 2.32. The Bertz CT molecular complexity index is 248. The summed E-state index contributed by atoms with van der Waals surface area (Å²) in [6.45, 7) is 10.0. The van der Waals surface area contributed by atoms with Crippen molar-refractivity contribution in [2.45, 2.75) is 33.0 Å². The number of alkyl halides is 3. The maximum absolute atomic E-state index is 12.3. The molecule has 0 aliphatic carbocycles. The number of hydrogen-bond acceptors (Lipinski definition) is 3. The highest BCUT2D eigenvalue weighted by Crippen LogP contribution is 2.17. The van der Waals surface area contributed by atoms with Crippen molar-refractivity contribution in [2.24, 2.45) is 5.92 Å². The van der Waals surface area contributed by atoms with Gasteiger partial charge in [0.1, 0.15) is 0 Å². The van der Waals surface area contributed by atoms with E-state index in [1.807, 2.05) is 0 Å². The van der Waals surface area contributed by atoms with Gasteiger partial charge >= 0.3 is 6.18 Å². The average molecular weight is 281 g/mol. The van der Waals surface area contributed by atoms with Crippen molar-refractivity contribution in [3.63, 3.8) is 0 Å². The van der Waals surface area contributed by atoms with Gasteiger partial charge in [-0.3, -0.25) is 9.80 Å². The molecule has 0 saturated carbocycles. The smallest absolute Gasteiger partial charge is 0.315 e. The lowest BCUT2D eigenvalue weighted by molar-refractivity contribution is -0.149. The second kappa shape index (κ2) is 7.45. The van der Waals surface area contributed by atoms with E-state index in [0.717, 1.165) is 26.2 Å². The molecule has 1 heterocycles. The molecule has 1 aliphatic rings. The van der Waals surface area contributed by atoms with Crippen LogP contribution in [0.3, 0.4) is 0 Å². The summed E-state index contributed by atoms with van der Waals surface area (Å²) in [4.78, 5) is 3.75. The van der Waals surface area contributed by atoms with Crippen LogP contribution in [-0.2, 0) is 0 Å². The second-order valence-electron chi connectivity index (χ2n) is 5.83. The monoisotopic (exact) mass is 281 g/mol. The van der Waals surface area contributed by atoms with Crippen molar-refractivity contribution in [1.82, 2.24) is 15.1 Å². The number of halogens is 3. The SMILES string of the molecule is CC(C)CNCC(C)N1CCN(CC(F)(F)F)CC1. The highest BCUT2D eigenvalue weighted by molar-refractivity contribution is 4.78. The molecule has 1 rings (SSSR count). The molecule has 0 radical (unpaired) electrons. The second-order valence-corrected chi connectivity index (χ2v) is 5.83. The fourth-order valence-electron chi connectivity index (χ4n) is 2.33. The van der Waals surface area contributed by atoms with E-state index in [2.05, 4.69) is 31.0 Å². The van der Waals surface area contributed by atoms with Gasteiger partial charge in [-0.1, -0.05) is 13.8 Å². The van der Waals surface area contributed by atoms with E-state index in [1.165, 1.54) is 4.90 Å². The van der Waals surface area contributed by atoms with E-state index in [4.69, 9.17) is 0 Å². The van der Waals surface area contributed by atoms with Gasteiger partial charge in [0.15, 0.2) is 0 Å². The van der Waals surface area contributed by atoms with Crippen molar-refractivity contribution in [3.05, 3.63) is 0 Å². The normalized spacial score (nSPS) is 21.0. The first-order chi connectivity index (χ1) is 8.78. The Kier molecular flexibility index (Phi) is 6.56. The number of piperazine rings is 1. The Morgan fingerprint density at radius 1 is 1.00 bits per heavy atom. The van der Waals surface area contributed by atoms with Crippen LogP contribution in [0.4, 0.5) is 13.2 Å².